The van der Waals surface area contributed by atoms with Crippen LogP contribution < -0.4 is 16.4 Å². The van der Waals surface area contributed by atoms with Crippen molar-refractivity contribution in [3.63, 3.8) is 0 Å². The summed E-state index contributed by atoms with van der Waals surface area (Å²) in [5.74, 6) is 2.78. The van der Waals surface area contributed by atoms with Gasteiger partial charge in [0.1, 0.15) is 17.3 Å². The number of hydrogen-bond acceptors (Lipinski definition) is 6. The Morgan fingerprint density at radius 1 is 0.436 bits per heavy atom. The summed E-state index contributed by atoms with van der Waals surface area (Å²) in [5, 5.41) is 0. The van der Waals surface area contributed by atoms with E-state index in [9.17, 15) is 0 Å². The molecular formula is C30H45B3O6. The molecule has 1 saturated heterocycles. The van der Waals surface area contributed by atoms with E-state index in [0.29, 0.717) is 0 Å². The highest BCUT2D eigenvalue weighted by molar-refractivity contribution is 6.87. The Morgan fingerprint density at radius 3 is 1.03 bits per heavy atom. The van der Waals surface area contributed by atoms with Crippen LogP contribution in [0, 0.1) is 0 Å². The van der Waals surface area contributed by atoms with Crippen molar-refractivity contribution in [2.45, 2.75) is 117 Å². The molecule has 0 spiro atoms. The van der Waals surface area contributed by atoms with Crippen LogP contribution in [0.25, 0.3) is 0 Å². The van der Waals surface area contributed by atoms with Gasteiger partial charge in [-0.15, -0.1) is 0 Å². The van der Waals surface area contributed by atoms with E-state index in [-0.39, 0.29) is 0 Å². The number of rotatable bonds is 18. The first kappa shape index (κ1) is 29.9. The lowest BCUT2D eigenvalue weighted by molar-refractivity contribution is 0.307. The van der Waals surface area contributed by atoms with Gasteiger partial charge < -0.3 is 27.0 Å². The number of hydrogen-bond donors (Lipinski definition) is 0. The van der Waals surface area contributed by atoms with Gasteiger partial charge in [0.2, 0.25) is 0 Å². The van der Waals surface area contributed by atoms with Crippen molar-refractivity contribution in [3.05, 3.63) is 54.3 Å². The van der Waals surface area contributed by atoms with Crippen molar-refractivity contribution in [3.8, 4) is 0 Å². The van der Waals surface area contributed by atoms with Crippen LogP contribution in [0.15, 0.2) is 50.2 Å². The molecule has 4 rings (SSSR count). The van der Waals surface area contributed by atoms with Crippen LogP contribution in [0.3, 0.4) is 0 Å². The number of furan rings is 3. The molecule has 0 N–H and O–H groups in total. The lowest BCUT2D eigenvalue weighted by Crippen LogP contribution is -2.62. The fourth-order valence-electron chi connectivity index (χ4n) is 5.30. The van der Waals surface area contributed by atoms with Gasteiger partial charge in [0.05, 0.1) is 18.8 Å². The smallest absolute Gasteiger partial charge is 0.470 e. The van der Waals surface area contributed by atoms with Gasteiger partial charge in [0.15, 0.2) is 0 Å². The fraction of sp³-hybridized carbons (Fsp3) is 0.600. The van der Waals surface area contributed by atoms with E-state index in [4.69, 9.17) is 27.0 Å². The van der Waals surface area contributed by atoms with Gasteiger partial charge in [-0.3, -0.25) is 0 Å². The molecule has 3 aromatic heterocycles. The van der Waals surface area contributed by atoms with Gasteiger partial charge in [-0.1, -0.05) is 78.6 Å². The zero-order valence-electron chi connectivity index (χ0n) is 24.3. The maximum atomic E-state index is 6.50. The summed E-state index contributed by atoms with van der Waals surface area (Å²) in [6.45, 7) is 6.68. The van der Waals surface area contributed by atoms with Crippen LogP contribution in [0.4, 0.5) is 0 Å². The summed E-state index contributed by atoms with van der Waals surface area (Å²) in [4.78, 5) is 0. The Balaban J connectivity index is 1.55. The Labute approximate surface area is 236 Å². The molecule has 9 heteroatoms. The van der Waals surface area contributed by atoms with Gasteiger partial charge in [-0.05, 0) is 37.5 Å². The van der Waals surface area contributed by atoms with E-state index < -0.39 is 21.4 Å². The summed E-state index contributed by atoms with van der Waals surface area (Å²) in [7, 11) is -1.84. The topological polar surface area (TPSA) is 67.1 Å². The van der Waals surface area contributed by atoms with E-state index in [1.165, 1.54) is 57.8 Å². The summed E-state index contributed by atoms with van der Waals surface area (Å²) in [5.41, 5.74) is 2.81. The monoisotopic (exact) mass is 534 g/mol. The Bertz CT molecular complexity index is 937. The minimum Gasteiger partial charge on any atom is -0.470 e. The molecule has 3 aromatic rings. The lowest BCUT2D eigenvalue weighted by atomic mass is 9.61. The molecule has 210 valence electrons. The molecule has 1 aliphatic rings. The maximum Gasteiger partial charge on any atom is 0.470 e. The molecule has 0 aliphatic carbocycles. The minimum absolute atomic E-state index is 0.612. The van der Waals surface area contributed by atoms with Crippen LogP contribution in [0.1, 0.15) is 115 Å². The molecule has 0 amide bonds. The van der Waals surface area contributed by atoms with Gasteiger partial charge in [-0.2, -0.15) is 0 Å². The van der Waals surface area contributed by atoms with Crippen molar-refractivity contribution < 1.29 is 27.0 Å². The first-order chi connectivity index (χ1) is 19.2. The Hall–Kier alpha value is -2.09. The van der Waals surface area contributed by atoms with Crippen molar-refractivity contribution in [1.82, 2.24) is 0 Å². The average Bonchev–Trinajstić information content (AvgIpc) is 3.72. The van der Waals surface area contributed by atoms with Crippen LogP contribution in [-0.2, 0) is 33.0 Å². The van der Waals surface area contributed by atoms with E-state index in [0.717, 1.165) is 72.2 Å². The zero-order chi connectivity index (χ0) is 27.3. The van der Waals surface area contributed by atoms with E-state index >= 15 is 0 Å². The maximum absolute atomic E-state index is 6.50. The molecule has 1 fully saturated rings. The number of aryl methyl sites for hydroxylation is 3. The van der Waals surface area contributed by atoms with Gasteiger partial charge >= 0.3 is 21.4 Å². The summed E-state index contributed by atoms with van der Waals surface area (Å²) in [6, 6.07) is 5.92. The Kier molecular flexibility index (Phi) is 12.4. The molecule has 0 unspecified atom stereocenters. The van der Waals surface area contributed by atoms with Crippen LogP contribution >= 0.6 is 0 Å². The van der Waals surface area contributed by atoms with Gasteiger partial charge in [0, 0.05) is 35.7 Å². The minimum atomic E-state index is -0.612. The third-order valence-corrected chi connectivity index (χ3v) is 7.62. The van der Waals surface area contributed by atoms with E-state index in [2.05, 4.69) is 20.8 Å². The molecule has 6 nitrogen and oxygen atoms in total. The average molecular weight is 534 g/mol. The largest absolute Gasteiger partial charge is 0.470 e. The van der Waals surface area contributed by atoms with Crippen LogP contribution in [0.2, 0.25) is 0 Å². The van der Waals surface area contributed by atoms with Crippen molar-refractivity contribution in [2.75, 3.05) is 0 Å². The molecule has 1 aliphatic heterocycles. The molecule has 39 heavy (non-hydrogen) atoms. The second-order valence-corrected chi connectivity index (χ2v) is 10.7. The fourth-order valence-corrected chi connectivity index (χ4v) is 5.30. The predicted octanol–water partition coefficient (Wildman–Crippen LogP) is 6.38. The van der Waals surface area contributed by atoms with Gasteiger partial charge in [0.25, 0.3) is 0 Å². The van der Waals surface area contributed by atoms with Crippen molar-refractivity contribution in [1.29, 1.82) is 0 Å². The third kappa shape index (κ3) is 8.45. The van der Waals surface area contributed by atoms with Crippen molar-refractivity contribution >= 4 is 37.7 Å². The molecule has 0 radical (unpaired) electrons. The standard InChI is InChI=1S/C30H45B3O6/c1-4-7-10-13-16-28-25(19-22-34-28)31-37-32(26-20-23-35-29(26)17-14-11-8-5-2)39-33(38-31)27-21-24-36-30(27)18-15-12-9-6-3/h19-24H,4-18H2,1-3H3. The highest BCUT2D eigenvalue weighted by Crippen LogP contribution is 2.18. The predicted molar refractivity (Wildman–Crippen MR) is 159 cm³/mol. The zero-order valence-corrected chi connectivity index (χ0v) is 24.3. The molecule has 4 heterocycles. The highest BCUT2D eigenvalue weighted by atomic mass is 16.7. The summed E-state index contributed by atoms with van der Waals surface area (Å²) >= 11 is 0. The van der Waals surface area contributed by atoms with Crippen LogP contribution in [-0.4, -0.2) is 21.4 Å². The highest BCUT2D eigenvalue weighted by Gasteiger charge is 2.47. The third-order valence-electron chi connectivity index (χ3n) is 7.62. The SMILES string of the molecule is CCCCCCc1occc1B1OB(c2ccoc2CCCCCC)OB(c2ccoc2CCCCCC)O1. The van der Waals surface area contributed by atoms with Gasteiger partial charge in [-0.25, -0.2) is 0 Å². The quantitative estimate of drug-likeness (QED) is 0.139. The first-order valence-corrected chi connectivity index (χ1v) is 15.4. The lowest BCUT2D eigenvalue weighted by Gasteiger charge is -2.31. The first-order valence-electron chi connectivity index (χ1n) is 15.4. The molecule has 0 saturated carbocycles. The molecular weight excluding hydrogens is 489 g/mol. The Morgan fingerprint density at radius 2 is 0.744 bits per heavy atom. The molecule has 0 aromatic carbocycles. The number of unbranched alkanes of at least 4 members (excludes halogenated alkanes) is 9. The van der Waals surface area contributed by atoms with Crippen LogP contribution in [0.5, 0.6) is 0 Å². The second-order valence-electron chi connectivity index (χ2n) is 10.7. The molecule has 0 atom stereocenters. The normalized spacial score (nSPS) is 14.1. The second kappa shape index (κ2) is 16.2. The van der Waals surface area contributed by atoms with E-state index in [1.54, 1.807) is 18.8 Å². The van der Waals surface area contributed by atoms with E-state index in [1.807, 2.05) is 18.2 Å². The van der Waals surface area contributed by atoms with Crippen molar-refractivity contribution in [2.24, 2.45) is 0 Å². The summed E-state index contributed by atoms with van der Waals surface area (Å²) < 4.78 is 37.2. The molecule has 0 bridgehead atoms. The summed E-state index contributed by atoms with van der Waals surface area (Å²) in [6.07, 6.45) is 21.9.